The van der Waals surface area contributed by atoms with Crippen molar-refractivity contribution in [3.05, 3.63) is 22.8 Å². The minimum atomic E-state index is -0.786. The van der Waals surface area contributed by atoms with E-state index in [1.807, 2.05) is 13.8 Å². The van der Waals surface area contributed by atoms with Gasteiger partial charge in [0.05, 0.1) is 0 Å². The minimum Gasteiger partial charge on any atom is -0.481 e. The molecule has 1 aromatic rings. The van der Waals surface area contributed by atoms with Crippen LogP contribution >= 0.6 is 0 Å². The summed E-state index contributed by atoms with van der Waals surface area (Å²) in [6.07, 6.45) is 2.55. The lowest BCUT2D eigenvalue weighted by Gasteiger charge is -2.12. The van der Waals surface area contributed by atoms with Crippen LogP contribution < -0.4 is 0 Å². The van der Waals surface area contributed by atoms with Gasteiger partial charge in [0, 0.05) is 37.4 Å². The smallest absolute Gasteiger partial charge is 0.303 e. The minimum absolute atomic E-state index is 0.126. The number of rotatable bonds is 5. The summed E-state index contributed by atoms with van der Waals surface area (Å²) in [6.45, 7) is 5.49. The highest BCUT2D eigenvalue weighted by Gasteiger charge is 2.18. The Kier molecular flexibility index (Phi) is 4.47. The molecule has 19 heavy (non-hydrogen) atoms. The predicted octanol–water partition coefficient (Wildman–Crippen LogP) is 1.69. The van der Waals surface area contributed by atoms with E-state index in [1.54, 1.807) is 0 Å². The van der Waals surface area contributed by atoms with Crippen molar-refractivity contribution in [3.63, 3.8) is 0 Å². The Morgan fingerprint density at radius 2 is 2.05 bits per heavy atom. The summed E-state index contributed by atoms with van der Waals surface area (Å²) in [5.74, 6) is 0.583. The number of nitrogens with zero attached hydrogens (tertiary/aromatic N) is 2. The van der Waals surface area contributed by atoms with Crippen molar-refractivity contribution in [1.82, 2.24) is 9.97 Å². The van der Waals surface area contributed by atoms with Crippen LogP contribution in [0.25, 0.3) is 0 Å². The number of hydrogen-bond donors (Lipinski definition) is 1. The first-order valence-electron chi connectivity index (χ1n) is 6.68. The van der Waals surface area contributed by atoms with E-state index in [-0.39, 0.29) is 6.42 Å². The van der Waals surface area contributed by atoms with Gasteiger partial charge in [-0.05, 0) is 38.2 Å². The van der Waals surface area contributed by atoms with Gasteiger partial charge in [-0.2, -0.15) is 0 Å². The number of aliphatic carboxylic acids is 1. The standard InChI is InChI=1S/C14H20N2O3/c1-9-12(3-4-14(17)18)10(2)16-13(15-9)7-11-5-6-19-8-11/h11H,3-8H2,1-2H3,(H,17,18). The number of ether oxygens (including phenoxy) is 1. The molecular formula is C14H20N2O3. The van der Waals surface area contributed by atoms with Gasteiger partial charge in [-0.3, -0.25) is 4.79 Å². The first kappa shape index (κ1) is 13.9. The molecule has 0 amide bonds. The Hall–Kier alpha value is -1.49. The molecule has 0 aromatic carbocycles. The zero-order chi connectivity index (χ0) is 13.8. The maximum atomic E-state index is 10.6. The molecule has 1 fully saturated rings. The molecule has 0 radical (unpaired) electrons. The van der Waals surface area contributed by atoms with Gasteiger partial charge in [-0.25, -0.2) is 9.97 Å². The van der Waals surface area contributed by atoms with Crippen LogP contribution in [0.1, 0.15) is 35.6 Å². The molecule has 1 atom stereocenters. The first-order chi connectivity index (χ1) is 9.06. The summed E-state index contributed by atoms with van der Waals surface area (Å²) < 4.78 is 5.36. The normalized spacial score (nSPS) is 18.7. The third-order valence-electron chi connectivity index (χ3n) is 3.55. The van der Waals surface area contributed by atoms with Crippen LogP contribution in [0.3, 0.4) is 0 Å². The fourth-order valence-corrected chi connectivity index (χ4v) is 2.50. The number of hydrogen-bond acceptors (Lipinski definition) is 4. The number of carboxylic acids is 1. The van der Waals surface area contributed by atoms with Gasteiger partial charge in [0.2, 0.25) is 0 Å². The van der Waals surface area contributed by atoms with Crippen molar-refractivity contribution in [3.8, 4) is 0 Å². The van der Waals surface area contributed by atoms with Crippen molar-refractivity contribution in [1.29, 1.82) is 0 Å². The van der Waals surface area contributed by atoms with Gasteiger partial charge in [0.1, 0.15) is 5.82 Å². The molecule has 1 N–H and O–H groups in total. The summed E-state index contributed by atoms with van der Waals surface area (Å²) in [4.78, 5) is 19.7. The molecule has 1 aromatic heterocycles. The molecule has 5 heteroatoms. The summed E-state index contributed by atoms with van der Waals surface area (Å²) in [6, 6.07) is 0. The second-order valence-corrected chi connectivity index (χ2v) is 5.12. The SMILES string of the molecule is Cc1nc(CC2CCOC2)nc(C)c1CCC(=O)O. The molecule has 0 spiro atoms. The first-order valence-corrected chi connectivity index (χ1v) is 6.68. The second kappa shape index (κ2) is 6.10. The highest BCUT2D eigenvalue weighted by atomic mass is 16.5. The van der Waals surface area contributed by atoms with Gasteiger partial charge >= 0.3 is 5.97 Å². The Labute approximate surface area is 113 Å². The van der Waals surface area contributed by atoms with E-state index in [1.165, 1.54) is 0 Å². The molecule has 1 aliphatic rings. The lowest BCUT2D eigenvalue weighted by molar-refractivity contribution is -0.136. The van der Waals surface area contributed by atoms with Crippen LogP contribution in [0.15, 0.2) is 0 Å². The molecule has 1 saturated heterocycles. The lowest BCUT2D eigenvalue weighted by atomic mass is 10.0. The highest BCUT2D eigenvalue weighted by molar-refractivity contribution is 5.67. The third kappa shape index (κ3) is 3.73. The van der Waals surface area contributed by atoms with Gasteiger partial charge in [-0.1, -0.05) is 0 Å². The van der Waals surface area contributed by atoms with Gasteiger partial charge < -0.3 is 9.84 Å². The zero-order valence-corrected chi connectivity index (χ0v) is 11.5. The molecule has 0 aliphatic carbocycles. The number of aryl methyl sites for hydroxylation is 2. The van der Waals surface area contributed by atoms with Crippen molar-refractivity contribution in [2.24, 2.45) is 5.92 Å². The quantitative estimate of drug-likeness (QED) is 0.876. The molecule has 2 rings (SSSR count). The lowest BCUT2D eigenvalue weighted by Crippen LogP contribution is -2.11. The Balaban J connectivity index is 2.09. The van der Waals surface area contributed by atoms with E-state index in [4.69, 9.17) is 9.84 Å². The maximum Gasteiger partial charge on any atom is 0.303 e. The highest BCUT2D eigenvalue weighted by Crippen LogP contribution is 2.19. The van der Waals surface area contributed by atoms with Gasteiger partial charge in [0.25, 0.3) is 0 Å². The summed E-state index contributed by atoms with van der Waals surface area (Å²) >= 11 is 0. The Morgan fingerprint density at radius 3 is 2.58 bits per heavy atom. The fourth-order valence-electron chi connectivity index (χ4n) is 2.50. The summed E-state index contributed by atoms with van der Waals surface area (Å²) in [5.41, 5.74) is 2.78. The zero-order valence-electron chi connectivity index (χ0n) is 11.5. The van der Waals surface area contributed by atoms with Crippen molar-refractivity contribution in [2.75, 3.05) is 13.2 Å². The largest absolute Gasteiger partial charge is 0.481 e. The van der Waals surface area contributed by atoms with E-state index >= 15 is 0 Å². The Bertz CT molecular complexity index is 445. The molecule has 104 valence electrons. The average molecular weight is 264 g/mol. The summed E-state index contributed by atoms with van der Waals surface area (Å²) in [7, 11) is 0. The van der Waals surface area contributed by atoms with Crippen LogP contribution in [0, 0.1) is 19.8 Å². The van der Waals surface area contributed by atoms with Crippen molar-refractivity contribution >= 4 is 5.97 Å². The van der Waals surface area contributed by atoms with E-state index in [0.717, 1.165) is 48.8 Å². The monoisotopic (exact) mass is 264 g/mol. The topological polar surface area (TPSA) is 72.3 Å². The van der Waals surface area contributed by atoms with Crippen LogP contribution in [0.5, 0.6) is 0 Å². The van der Waals surface area contributed by atoms with Gasteiger partial charge in [0.15, 0.2) is 0 Å². The Morgan fingerprint density at radius 1 is 1.37 bits per heavy atom. The third-order valence-corrected chi connectivity index (χ3v) is 3.55. The number of carbonyl (C=O) groups is 1. The molecule has 0 saturated carbocycles. The fraction of sp³-hybridized carbons (Fsp3) is 0.643. The maximum absolute atomic E-state index is 10.6. The molecule has 0 bridgehead atoms. The number of carboxylic acid groups (broad SMARTS) is 1. The van der Waals surface area contributed by atoms with Crippen LogP contribution in [0.4, 0.5) is 0 Å². The molecular weight excluding hydrogens is 244 g/mol. The second-order valence-electron chi connectivity index (χ2n) is 5.12. The van der Waals surface area contributed by atoms with E-state index in [9.17, 15) is 4.79 Å². The van der Waals surface area contributed by atoms with Crippen molar-refractivity contribution < 1.29 is 14.6 Å². The van der Waals surface area contributed by atoms with Crippen LogP contribution in [-0.4, -0.2) is 34.3 Å². The van der Waals surface area contributed by atoms with Crippen LogP contribution in [0.2, 0.25) is 0 Å². The van der Waals surface area contributed by atoms with Gasteiger partial charge in [-0.15, -0.1) is 0 Å². The molecule has 1 aliphatic heterocycles. The van der Waals surface area contributed by atoms with Crippen LogP contribution in [-0.2, 0) is 22.4 Å². The van der Waals surface area contributed by atoms with E-state index in [2.05, 4.69) is 9.97 Å². The molecule has 1 unspecified atom stereocenters. The summed E-state index contributed by atoms with van der Waals surface area (Å²) in [5, 5.41) is 8.75. The average Bonchev–Trinajstić information content (AvgIpc) is 2.80. The predicted molar refractivity (Wildman–Crippen MR) is 70.1 cm³/mol. The van der Waals surface area contributed by atoms with E-state index < -0.39 is 5.97 Å². The molecule has 2 heterocycles. The van der Waals surface area contributed by atoms with E-state index in [0.29, 0.717) is 12.3 Å². The van der Waals surface area contributed by atoms with Crippen molar-refractivity contribution in [2.45, 2.75) is 39.5 Å². The number of aromatic nitrogens is 2. The molecule has 5 nitrogen and oxygen atoms in total.